The number of anilines is 1. The highest BCUT2D eigenvalue weighted by Crippen LogP contribution is 2.36. The van der Waals surface area contributed by atoms with Crippen LogP contribution in [0.15, 0.2) is 18.5 Å². The molecule has 3 heteroatoms. The number of halogens is 1. The fourth-order valence-corrected chi connectivity index (χ4v) is 2.60. The molecule has 2 nitrogen and oxygen atoms in total. The Bertz CT molecular complexity index is 346. The predicted octanol–water partition coefficient (Wildman–Crippen LogP) is 4.12. The van der Waals surface area contributed by atoms with E-state index < -0.39 is 0 Å². The van der Waals surface area contributed by atoms with Crippen molar-refractivity contribution in [1.82, 2.24) is 4.98 Å². The molecule has 16 heavy (non-hydrogen) atoms. The second kappa shape index (κ2) is 5.05. The summed E-state index contributed by atoms with van der Waals surface area (Å²) in [6.45, 7) is 3.38. The summed E-state index contributed by atoms with van der Waals surface area (Å²) in [7, 11) is 0. The van der Waals surface area contributed by atoms with Gasteiger partial charge in [-0.15, -0.1) is 0 Å². The molecule has 1 fully saturated rings. The van der Waals surface area contributed by atoms with Gasteiger partial charge in [0.1, 0.15) is 0 Å². The lowest BCUT2D eigenvalue weighted by Gasteiger charge is -2.34. The minimum absolute atomic E-state index is 0.435. The van der Waals surface area contributed by atoms with Gasteiger partial charge in [0.25, 0.3) is 0 Å². The van der Waals surface area contributed by atoms with E-state index in [9.17, 15) is 0 Å². The van der Waals surface area contributed by atoms with Crippen molar-refractivity contribution >= 4 is 17.3 Å². The predicted molar refractivity (Wildman–Crippen MR) is 68.9 cm³/mol. The maximum absolute atomic E-state index is 6.06. The zero-order valence-corrected chi connectivity index (χ0v) is 10.6. The highest BCUT2D eigenvalue weighted by molar-refractivity contribution is 6.33. The van der Waals surface area contributed by atoms with Crippen LogP contribution in [0.1, 0.15) is 39.0 Å². The van der Waals surface area contributed by atoms with E-state index >= 15 is 0 Å². The quantitative estimate of drug-likeness (QED) is 0.857. The summed E-state index contributed by atoms with van der Waals surface area (Å²) in [6.07, 6.45) is 10.2. The maximum atomic E-state index is 6.06. The molecule has 0 amide bonds. The molecule has 0 aliphatic heterocycles. The lowest BCUT2D eigenvalue weighted by molar-refractivity contribution is 0.233. The van der Waals surface area contributed by atoms with Gasteiger partial charge in [0.15, 0.2) is 0 Å². The molecule has 1 aliphatic carbocycles. The normalized spacial score (nSPS) is 19.4. The first kappa shape index (κ1) is 11.7. The molecule has 1 N–H and O–H groups in total. The van der Waals surface area contributed by atoms with Gasteiger partial charge >= 0.3 is 0 Å². The fourth-order valence-electron chi connectivity index (χ4n) is 2.41. The number of pyridine rings is 1. The average molecular weight is 239 g/mol. The van der Waals surface area contributed by atoms with Gasteiger partial charge in [-0.25, -0.2) is 0 Å². The highest BCUT2D eigenvalue weighted by Gasteiger charge is 2.26. The van der Waals surface area contributed by atoms with E-state index in [-0.39, 0.29) is 0 Å². The van der Waals surface area contributed by atoms with Crippen molar-refractivity contribution in [2.24, 2.45) is 5.41 Å². The SMILES string of the molecule is CC1(CNc2ccncc2Cl)CCCCC1. The van der Waals surface area contributed by atoms with Crippen LogP contribution in [0.5, 0.6) is 0 Å². The van der Waals surface area contributed by atoms with Gasteiger partial charge in [-0.05, 0) is 24.3 Å². The van der Waals surface area contributed by atoms with Crippen LogP contribution in [0, 0.1) is 5.41 Å². The number of nitrogens with zero attached hydrogens (tertiary/aromatic N) is 1. The van der Waals surface area contributed by atoms with Crippen LogP contribution >= 0.6 is 11.6 Å². The molecule has 0 unspecified atom stereocenters. The molecule has 0 atom stereocenters. The molecule has 0 bridgehead atoms. The number of hydrogen-bond donors (Lipinski definition) is 1. The minimum Gasteiger partial charge on any atom is -0.383 e. The average Bonchev–Trinajstić information content (AvgIpc) is 2.29. The molecule has 1 aliphatic rings. The summed E-state index contributed by atoms with van der Waals surface area (Å²) >= 11 is 6.06. The number of aromatic nitrogens is 1. The minimum atomic E-state index is 0.435. The van der Waals surface area contributed by atoms with Crippen LogP contribution in [0.3, 0.4) is 0 Å². The Kier molecular flexibility index (Phi) is 3.70. The monoisotopic (exact) mass is 238 g/mol. The van der Waals surface area contributed by atoms with Crippen molar-refractivity contribution in [1.29, 1.82) is 0 Å². The molecule has 2 rings (SSSR count). The third kappa shape index (κ3) is 2.88. The highest BCUT2D eigenvalue weighted by atomic mass is 35.5. The van der Waals surface area contributed by atoms with E-state index in [0.717, 1.165) is 12.2 Å². The Morgan fingerprint density at radius 3 is 2.81 bits per heavy atom. The summed E-state index contributed by atoms with van der Waals surface area (Å²) in [4.78, 5) is 3.99. The van der Waals surface area contributed by atoms with Crippen LogP contribution in [-0.4, -0.2) is 11.5 Å². The van der Waals surface area contributed by atoms with Gasteiger partial charge in [-0.1, -0.05) is 37.8 Å². The van der Waals surface area contributed by atoms with Gasteiger partial charge in [0.05, 0.1) is 10.7 Å². The van der Waals surface area contributed by atoms with Crippen molar-refractivity contribution < 1.29 is 0 Å². The molecule has 1 saturated carbocycles. The van der Waals surface area contributed by atoms with Crippen LogP contribution < -0.4 is 5.32 Å². The van der Waals surface area contributed by atoms with Crippen LogP contribution in [-0.2, 0) is 0 Å². The Morgan fingerprint density at radius 1 is 1.38 bits per heavy atom. The summed E-state index contributed by atoms with van der Waals surface area (Å²) < 4.78 is 0. The Balaban J connectivity index is 1.94. The smallest absolute Gasteiger partial charge is 0.0820 e. The van der Waals surface area contributed by atoms with Gasteiger partial charge in [0.2, 0.25) is 0 Å². The first-order valence-corrected chi connectivity index (χ1v) is 6.41. The Hall–Kier alpha value is -0.760. The molecule has 1 heterocycles. The van der Waals surface area contributed by atoms with Gasteiger partial charge < -0.3 is 5.32 Å². The second-order valence-electron chi connectivity index (χ2n) is 5.08. The Morgan fingerprint density at radius 2 is 2.12 bits per heavy atom. The van der Waals surface area contributed by atoms with Crippen molar-refractivity contribution in [3.63, 3.8) is 0 Å². The third-order valence-electron chi connectivity index (χ3n) is 3.54. The van der Waals surface area contributed by atoms with E-state index in [1.165, 1.54) is 32.1 Å². The van der Waals surface area contributed by atoms with Gasteiger partial charge in [0, 0.05) is 18.9 Å². The van der Waals surface area contributed by atoms with Gasteiger partial charge in [-0.3, -0.25) is 4.98 Å². The largest absolute Gasteiger partial charge is 0.383 e. The lowest BCUT2D eigenvalue weighted by Crippen LogP contribution is -2.28. The number of nitrogens with one attached hydrogen (secondary N) is 1. The number of hydrogen-bond acceptors (Lipinski definition) is 2. The first-order chi connectivity index (χ1) is 7.70. The van der Waals surface area contributed by atoms with Crippen LogP contribution in [0.25, 0.3) is 0 Å². The lowest BCUT2D eigenvalue weighted by atomic mass is 9.76. The third-order valence-corrected chi connectivity index (χ3v) is 3.84. The molecule has 0 spiro atoms. The summed E-state index contributed by atoms with van der Waals surface area (Å²) in [6, 6.07) is 1.94. The van der Waals surface area contributed by atoms with Crippen molar-refractivity contribution in [3.05, 3.63) is 23.5 Å². The molecule has 1 aromatic heterocycles. The van der Waals surface area contributed by atoms with E-state index in [1.54, 1.807) is 12.4 Å². The fraction of sp³-hybridized carbons (Fsp3) is 0.615. The van der Waals surface area contributed by atoms with Crippen molar-refractivity contribution in [3.8, 4) is 0 Å². The molecular weight excluding hydrogens is 220 g/mol. The first-order valence-electron chi connectivity index (χ1n) is 6.03. The van der Waals surface area contributed by atoms with E-state index in [1.807, 2.05) is 6.07 Å². The zero-order valence-electron chi connectivity index (χ0n) is 9.80. The van der Waals surface area contributed by atoms with Crippen molar-refractivity contribution in [2.75, 3.05) is 11.9 Å². The molecule has 88 valence electrons. The standard InChI is InChI=1S/C13H19ClN2/c1-13(6-3-2-4-7-13)10-16-12-5-8-15-9-11(12)14/h5,8-9H,2-4,6-7,10H2,1H3,(H,15,16). The van der Waals surface area contributed by atoms with Crippen LogP contribution in [0.4, 0.5) is 5.69 Å². The summed E-state index contributed by atoms with van der Waals surface area (Å²) in [5, 5.41) is 4.16. The topological polar surface area (TPSA) is 24.9 Å². The molecule has 1 aromatic rings. The van der Waals surface area contributed by atoms with Crippen LogP contribution in [0.2, 0.25) is 5.02 Å². The molecule has 0 saturated heterocycles. The zero-order chi connectivity index (χ0) is 11.4. The molecular formula is C13H19ClN2. The van der Waals surface area contributed by atoms with E-state index in [4.69, 9.17) is 11.6 Å². The van der Waals surface area contributed by atoms with Gasteiger partial charge in [-0.2, -0.15) is 0 Å². The summed E-state index contributed by atoms with van der Waals surface area (Å²) in [5.41, 5.74) is 1.44. The second-order valence-corrected chi connectivity index (χ2v) is 5.49. The Labute approximate surface area is 102 Å². The van der Waals surface area contributed by atoms with Crippen molar-refractivity contribution in [2.45, 2.75) is 39.0 Å². The van der Waals surface area contributed by atoms with E-state index in [0.29, 0.717) is 10.4 Å². The maximum Gasteiger partial charge on any atom is 0.0820 e. The molecule has 0 radical (unpaired) electrons. The summed E-state index contributed by atoms with van der Waals surface area (Å²) in [5.74, 6) is 0. The molecule has 0 aromatic carbocycles. The van der Waals surface area contributed by atoms with E-state index in [2.05, 4.69) is 17.2 Å². The number of rotatable bonds is 3.